The van der Waals surface area contributed by atoms with Crippen molar-refractivity contribution in [2.24, 2.45) is 5.10 Å². The molecule has 0 aliphatic heterocycles. The fourth-order valence-corrected chi connectivity index (χ4v) is 2.58. The van der Waals surface area contributed by atoms with Gasteiger partial charge in [-0.05, 0) is 72.3 Å². The fraction of sp³-hybridized carbons (Fsp3) is 0. The summed E-state index contributed by atoms with van der Waals surface area (Å²) < 4.78 is 5.31. The van der Waals surface area contributed by atoms with Gasteiger partial charge in [-0.15, -0.1) is 0 Å². The topological polar surface area (TPSA) is 88.0 Å². The number of hydrazone groups is 1. The molecule has 0 heterocycles. The van der Waals surface area contributed by atoms with Gasteiger partial charge in [-0.1, -0.05) is 23.2 Å². The first kappa shape index (κ1) is 20.4. The van der Waals surface area contributed by atoms with Gasteiger partial charge in [-0.2, -0.15) is 5.10 Å². The van der Waals surface area contributed by atoms with Gasteiger partial charge in [0.05, 0.1) is 33.1 Å². The van der Waals surface area contributed by atoms with E-state index < -0.39 is 11.9 Å². The maximum Gasteiger partial charge on any atom is 0.343 e. The minimum absolute atomic E-state index is 0.200. The van der Waals surface area contributed by atoms with Crippen LogP contribution < -0.4 is 10.2 Å². The van der Waals surface area contributed by atoms with Gasteiger partial charge in [0.25, 0.3) is 0 Å². The lowest BCUT2D eigenvalue weighted by molar-refractivity contribution is 0.0694. The number of aromatic carboxylic acids is 1. The third-order valence-electron chi connectivity index (χ3n) is 3.79. The Morgan fingerprint density at radius 3 is 2.17 bits per heavy atom. The van der Waals surface area contributed by atoms with Crippen LogP contribution in [-0.4, -0.2) is 23.3 Å². The van der Waals surface area contributed by atoms with Gasteiger partial charge in [0.2, 0.25) is 0 Å². The van der Waals surface area contributed by atoms with E-state index >= 15 is 0 Å². The predicted molar refractivity (Wildman–Crippen MR) is 112 cm³/mol. The van der Waals surface area contributed by atoms with Gasteiger partial charge >= 0.3 is 11.9 Å². The zero-order valence-corrected chi connectivity index (χ0v) is 16.3. The summed E-state index contributed by atoms with van der Waals surface area (Å²) in [5.74, 6) is -1.16. The summed E-state index contributed by atoms with van der Waals surface area (Å²) in [6, 6.07) is 17.5. The molecule has 0 saturated carbocycles. The molecular weight excluding hydrogens is 415 g/mol. The summed E-state index contributed by atoms with van der Waals surface area (Å²) in [6.45, 7) is 0. The van der Waals surface area contributed by atoms with E-state index in [1.165, 1.54) is 30.3 Å². The molecule has 0 aromatic heterocycles. The largest absolute Gasteiger partial charge is 0.478 e. The van der Waals surface area contributed by atoms with Crippen molar-refractivity contribution in [2.45, 2.75) is 0 Å². The third kappa shape index (κ3) is 5.57. The maximum atomic E-state index is 12.2. The van der Waals surface area contributed by atoms with Crippen LogP contribution in [0.15, 0.2) is 71.8 Å². The molecule has 3 aromatic rings. The highest BCUT2D eigenvalue weighted by Crippen LogP contribution is 2.23. The van der Waals surface area contributed by atoms with Gasteiger partial charge in [-0.25, -0.2) is 9.59 Å². The standard InChI is InChI=1S/C21H14Cl2N2O4/c22-18-10-5-15(11-19(18)23)21(28)29-17-8-1-13(2-9-17)12-24-25-16-6-3-14(4-7-16)20(26)27/h1-12,25H,(H,26,27). The lowest BCUT2D eigenvalue weighted by atomic mass is 10.2. The number of benzene rings is 3. The molecule has 6 nitrogen and oxygen atoms in total. The summed E-state index contributed by atoms with van der Waals surface area (Å²) in [5, 5.41) is 13.6. The zero-order chi connectivity index (χ0) is 20.8. The summed E-state index contributed by atoms with van der Waals surface area (Å²) in [5.41, 5.74) is 4.72. The van der Waals surface area contributed by atoms with Crippen LogP contribution in [0.3, 0.4) is 0 Å². The van der Waals surface area contributed by atoms with Crippen LogP contribution in [-0.2, 0) is 0 Å². The normalized spacial score (nSPS) is 10.7. The van der Waals surface area contributed by atoms with E-state index in [4.69, 9.17) is 33.0 Å². The molecule has 0 fully saturated rings. The van der Waals surface area contributed by atoms with Crippen molar-refractivity contribution in [3.05, 3.63) is 93.5 Å². The average molecular weight is 429 g/mol. The highest BCUT2D eigenvalue weighted by atomic mass is 35.5. The number of hydrogen-bond donors (Lipinski definition) is 2. The van der Waals surface area contributed by atoms with Crippen LogP contribution in [0.1, 0.15) is 26.3 Å². The molecule has 2 N–H and O–H groups in total. The summed E-state index contributed by atoms with van der Waals surface area (Å²) >= 11 is 11.7. The van der Waals surface area contributed by atoms with Crippen molar-refractivity contribution < 1.29 is 19.4 Å². The molecule has 0 bridgehead atoms. The molecule has 0 atom stereocenters. The molecule has 0 radical (unpaired) electrons. The van der Waals surface area contributed by atoms with Crippen LogP contribution in [0.4, 0.5) is 5.69 Å². The maximum absolute atomic E-state index is 12.2. The Labute approximate surface area is 176 Å². The van der Waals surface area contributed by atoms with Gasteiger partial charge in [0.1, 0.15) is 5.75 Å². The third-order valence-corrected chi connectivity index (χ3v) is 4.52. The molecular formula is C21H14Cl2N2O4. The SMILES string of the molecule is O=C(O)c1ccc(NN=Cc2ccc(OC(=O)c3ccc(Cl)c(Cl)c3)cc2)cc1. The van der Waals surface area contributed by atoms with E-state index in [1.54, 1.807) is 42.6 Å². The summed E-state index contributed by atoms with van der Waals surface area (Å²) in [4.78, 5) is 23.0. The molecule has 3 aromatic carbocycles. The molecule has 0 saturated heterocycles. The number of halogens is 2. The number of nitrogens with zero attached hydrogens (tertiary/aromatic N) is 1. The molecule has 146 valence electrons. The lowest BCUT2D eigenvalue weighted by Gasteiger charge is -2.05. The quantitative estimate of drug-likeness (QED) is 0.239. The first-order chi connectivity index (χ1) is 13.9. The Balaban J connectivity index is 1.58. The molecule has 0 spiro atoms. The molecule has 0 aliphatic carbocycles. The van der Waals surface area contributed by atoms with Crippen LogP contribution in [0, 0.1) is 0 Å². The van der Waals surface area contributed by atoms with E-state index in [2.05, 4.69) is 10.5 Å². The number of carbonyl (C=O) groups excluding carboxylic acids is 1. The second-order valence-corrected chi connectivity index (χ2v) is 6.65. The molecule has 29 heavy (non-hydrogen) atoms. The molecule has 0 aliphatic rings. The first-order valence-electron chi connectivity index (χ1n) is 8.32. The van der Waals surface area contributed by atoms with Gasteiger partial charge in [-0.3, -0.25) is 5.43 Å². The number of ether oxygens (including phenoxy) is 1. The van der Waals surface area contributed by atoms with Crippen molar-refractivity contribution in [1.29, 1.82) is 0 Å². The molecule has 0 unspecified atom stereocenters. The second kappa shape index (κ2) is 9.23. The van der Waals surface area contributed by atoms with E-state index in [1.807, 2.05) is 0 Å². The van der Waals surface area contributed by atoms with Crippen LogP contribution in [0.25, 0.3) is 0 Å². The Morgan fingerprint density at radius 2 is 1.55 bits per heavy atom. The minimum Gasteiger partial charge on any atom is -0.478 e. The number of rotatable bonds is 6. The Kier molecular flexibility index (Phi) is 6.49. The number of carboxylic acid groups (broad SMARTS) is 1. The van der Waals surface area contributed by atoms with Crippen molar-refractivity contribution in [2.75, 3.05) is 5.43 Å². The van der Waals surface area contributed by atoms with E-state index in [0.29, 0.717) is 22.0 Å². The second-order valence-electron chi connectivity index (χ2n) is 5.84. The van der Waals surface area contributed by atoms with Crippen LogP contribution in [0.2, 0.25) is 10.0 Å². The number of nitrogens with one attached hydrogen (secondary N) is 1. The first-order valence-corrected chi connectivity index (χ1v) is 9.08. The number of anilines is 1. The van der Waals surface area contributed by atoms with Gasteiger partial charge in [0, 0.05) is 0 Å². The molecule has 8 heteroatoms. The smallest absolute Gasteiger partial charge is 0.343 e. The Bertz CT molecular complexity index is 1070. The summed E-state index contributed by atoms with van der Waals surface area (Å²) in [7, 11) is 0. The molecule has 0 amide bonds. The average Bonchev–Trinajstić information content (AvgIpc) is 2.71. The van der Waals surface area contributed by atoms with E-state index in [-0.39, 0.29) is 10.6 Å². The monoisotopic (exact) mass is 428 g/mol. The summed E-state index contributed by atoms with van der Waals surface area (Å²) in [6.07, 6.45) is 1.58. The number of carboxylic acids is 1. The van der Waals surface area contributed by atoms with Crippen LogP contribution >= 0.6 is 23.2 Å². The molecule has 3 rings (SSSR count). The van der Waals surface area contributed by atoms with E-state index in [0.717, 1.165) is 5.56 Å². The fourth-order valence-electron chi connectivity index (χ4n) is 2.28. The Hall–Kier alpha value is -3.35. The predicted octanol–water partition coefficient (Wildman–Crippen LogP) is 5.36. The Morgan fingerprint density at radius 1 is 0.897 bits per heavy atom. The number of hydrogen-bond acceptors (Lipinski definition) is 5. The number of esters is 1. The number of carbonyl (C=O) groups is 2. The van der Waals surface area contributed by atoms with Crippen LogP contribution in [0.5, 0.6) is 5.75 Å². The van der Waals surface area contributed by atoms with Crippen molar-refractivity contribution in [3.8, 4) is 5.75 Å². The highest BCUT2D eigenvalue weighted by Gasteiger charge is 2.10. The van der Waals surface area contributed by atoms with Gasteiger partial charge in [0.15, 0.2) is 0 Å². The van der Waals surface area contributed by atoms with Crippen molar-refractivity contribution >= 4 is 47.0 Å². The van der Waals surface area contributed by atoms with E-state index in [9.17, 15) is 9.59 Å². The minimum atomic E-state index is -0.986. The van der Waals surface area contributed by atoms with Gasteiger partial charge < -0.3 is 9.84 Å². The highest BCUT2D eigenvalue weighted by molar-refractivity contribution is 6.42. The van der Waals surface area contributed by atoms with Crippen molar-refractivity contribution in [1.82, 2.24) is 0 Å². The lowest BCUT2D eigenvalue weighted by Crippen LogP contribution is -2.08. The van der Waals surface area contributed by atoms with Crippen molar-refractivity contribution in [3.63, 3.8) is 0 Å². The zero-order valence-electron chi connectivity index (χ0n) is 14.8.